The van der Waals surface area contributed by atoms with E-state index in [0.29, 0.717) is 6.42 Å². The van der Waals surface area contributed by atoms with Crippen molar-refractivity contribution in [3.63, 3.8) is 0 Å². The van der Waals surface area contributed by atoms with Crippen LogP contribution in [0.15, 0.2) is 60.7 Å². The van der Waals surface area contributed by atoms with Crippen LogP contribution in [0.2, 0.25) is 0 Å². The molecule has 2 aliphatic rings. The van der Waals surface area contributed by atoms with E-state index in [9.17, 15) is 22.8 Å². The Morgan fingerprint density at radius 1 is 0.911 bits per heavy atom. The fourth-order valence-electron chi connectivity index (χ4n) is 5.89. The van der Waals surface area contributed by atoms with Gasteiger partial charge in [0.05, 0.1) is 35.9 Å². The monoisotopic (exact) mass is 640 g/mol. The van der Waals surface area contributed by atoms with Crippen molar-refractivity contribution >= 4 is 27.6 Å². The molecular formula is C34H48N4O6S. The molecule has 2 fully saturated rings. The van der Waals surface area contributed by atoms with Crippen molar-refractivity contribution in [1.82, 2.24) is 20.9 Å². The van der Waals surface area contributed by atoms with Gasteiger partial charge in [0, 0.05) is 6.26 Å². The molecule has 0 saturated carbocycles. The minimum Gasteiger partial charge on any atom is -0.367 e. The standard InChI is InChI=1S/C34H48N4O6S/c1-23(2)30(25-16-10-7-11-17-25)36-28(39)21-27-31(44-27)26(20-24-14-8-6-9-15-24)35-33(41)32(34(3,4)45(5,42)43)37-29(40)22-38-18-12-13-19-38/h6-11,14-17,23,26-27,30-32H,12-13,18-22H2,1-5H3,(H,35,41)(H,36,39)(H,37,40)/t26-,27-,30+,31+,32+/m0/s1. The normalized spacial score (nSPS) is 20.7. The Bertz CT molecular complexity index is 1410. The van der Waals surface area contributed by atoms with E-state index in [1.165, 1.54) is 13.8 Å². The van der Waals surface area contributed by atoms with Gasteiger partial charge in [-0.15, -0.1) is 0 Å². The number of carbonyl (C=O) groups excluding carboxylic acids is 3. The van der Waals surface area contributed by atoms with E-state index in [1.54, 1.807) is 0 Å². The highest BCUT2D eigenvalue weighted by molar-refractivity contribution is 7.92. The lowest BCUT2D eigenvalue weighted by molar-refractivity contribution is -0.130. The summed E-state index contributed by atoms with van der Waals surface area (Å²) < 4.78 is 30.1. The number of epoxide rings is 1. The molecule has 0 radical (unpaired) electrons. The lowest BCUT2D eigenvalue weighted by atomic mass is 9.95. The number of benzene rings is 2. The molecular weight excluding hydrogens is 592 g/mol. The number of hydrogen-bond donors (Lipinski definition) is 3. The van der Waals surface area contributed by atoms with Crippen molar-refractivity contribution in [3.8, 4) is 0 Å². The molecule has 246 valence electrons. The fraction of sp³-hybridized carbons (Fsp3) is 0.559. The van der Waals surface area contributed by atoms with Crippen LogP contribution in [-0.2, 0) is 35.4 Å². The number of nitrogens with zero attached hydrogens (tertiary/aromatic N) is 1. The van der Waals surface area contributed by atoms with Gasteiger partial charge in [0.25, 0.3) is 0 Å². The number of sulfone groups is 1. The molecule has 11 heteroatoms. The van der Waals surface area contributed by atoms with Crippen LogP contribution in [0.3, 0.4) is 0 Å². The number of ether oxygens (including phenoxy) is 1. The number of rotatable bonds is 15. The number of amides is 3. The second-order valence-electron chi connectivity index (χ2n) is 13.2. The Morgan fingerprint density at radius 3 is 2.09 bits per heavy atom. The quantitative estimate of drug-likeness (QED) is 0.255. The van der Waals surface area contributed by atoms with Gasteiger partial charge in [-0.2, -0.15) is 0 Å². The first-order chi connectivity index (χ1) is 21.3. The number of hydrogen-bond acceptors (Lipinski definition) is 7. The van der Waals surface area contributed by atoms with E-state index in [0.717, 1.165) is 43.3 Å². The Morgan fingerprint density at radius 2 is 1.51 bits per heavy atom. The molecule has 4 rings (SSSR count). The molecule has 2 aromatic carbocycles. The third-order valence-electron chi connectivity index (χ3n) is 8.96. The number of nitrogens with one attached hydrogen (secondary N) is 3. The van der Waals surface area contributed by atoms with Crippen LogP contribution in [-0.4, -0.2) is 86.0 Å². The summed E-state index contributed by atoms with van der Waals surface area (Å²) in [6, 6.07) is 17.3. The van der Waals surface area contributed by atoms with Crippen LogP contribution in [0, 0.1) is 5.92 Å². The SMILES string of the molecule is CC(C)[C@@H](NC(=O)C[C@@H]1O[C@@H]1[C@H](Cc1ccccc1)NC(=O)[C@@H](NC(=O)CN1CCCC1)C(C)(C)S(C)(=O)=O)c1ccccc1. The molecule has 2 aliphatic heterocycles. The molecule has 0 bridgehead atoms. The predicted octanol–water partition coefficient (Wildman–Crippen LogP) is 2.79. The average molecular weight is 641 g/mol. The summed E-state index contributed by atoms with van der Waals surface area (Å²) >= 11 is 0. The highest BCUT2D eigenvalue weighted by Gasteiger charge is 2.49. The van der Waals surface area contributed by atoms with Crippen molar-refractivity contribution < 1.29 is 27.5 Å². The second-order valence-corrected chi connectivity index (χ2v) is 15.8. The van der Waals surface area contributed by atoms with Gasteiger partial charge in [-0.25, -0.2) is 8.42 Å². The van der Waals surface area contributed by atoms with Crippen molar-refractivity contribution in [2.45, 2.75) is 88.5 Å². The number of carbonyl (C=O) groups is 3. The Kier molecular flexibility index (Phi) is 11.4. The van der Waals surface area contributed by atoms with Crippen LogP contribution < -0.4 is 16.0 Å². The molecule has 2 saturated heterocycles. The van der Waals surface area contributed by atoms with E-state index < -0.39 is 50.7 Å². The third kappa shape index (κ3) is 9.37. The highest BCUT2D eigenvalue weighted by Crippen LogP contribution is 2.32. The summed E-state index contributed by atoms with van der Waals surface area (Å²) in [4.78, 5) is 42.1. The summed E-state index contributed by atoms with van der Waals surface area (Å²) in [5.74, 6) is -0.985. The Balaban J connectivity index is 1.48. The Hall–Kier alpha value is -3.28. The minimum atomic E-state index is -3.76. The van der Waals surface area contributed by atoms with Crippen LogP contribution >= 0.6 is 0 Å². The van der Waals surface area contributed by atoms with Crippen molar-refractivity contribution in [3.05, 3.63) is 71.8 Å². The molecule has 2 aromatic rings. The maximum absolute atomic E-state index is 13.9. The topological polar surface area (TPSA) is 137 Å². The first kappa shape index (κ1) is 34.6. The molecule has 5 atom stereocenters. The fourth-order valence-corrected chi connectivity index (χ4v) is 6.48. The van der Waals surface area contributed by atoms with Gasteiger partial charge in [0.1, 0.15) is 12.1 Å². The average Bonchev–Trinajstić information content (AvgIpc) is 3.55. The summed E-state index contributed by atoms with van der Waals surface area (Å²) in [5, 5.41) is 8.87. The Labute approximate surface area is 267 Å². The molecule has 2 heterocycles. The van der Waals surface area contributed by atoms with Crippen LogP contribution in [0.5, 0.6) is 0 Å². The van der Waals surface area contributed by atoms with Crippen molar-refractivity contribution in [1.29, 1.82) is 0 Å². The molecule has 45 heavy (non-hydrogen) atoms. The molecule has 3 amide bonds. The van der Waals surface area contributed by atoms with E-state index in [2.05, 4.69) is 29.8 Å². The van der Waals surface area contributed by atoms with Gasteiger partial charge in [-0.3, -0.25) is 19.3 Å². The zero-order chi connectivity index (χ0) is 32.8. The molecule has 10 nitrogen and oxygen atoms in total. The predicted molar refractivity (Wildman–Crippen MR) is 174 cm³/mol. The smallest absolute Gasteiger partial charge is 0.244 e. The summed E-state index contributed by atoms with van der Waals surface area (Å²) in [7, 11) is -3.76. The van der Waals surface area contributed by atoms with E-state index in [1.807, 2.05) is 65.6 Å². The van der Waals surface area contributed by atoms with E-state index in [4.69, 9.17) is 4.74 Å². The van der Waals surface area contributed by atoms with Crippen LogP contribution in [0.4, 0.5) is 0 Å². The second kappa shape index (κ2) is 14.9. The first-order valence-electron chi connectivity index (χ1n) is 15.8. The first-order valence-corrected chi connectivity index (χ1v) is 17.7. The van der Waals surface area contributed by atoms with E-state index in [-0.39, 0.29) is 30.8 Å². The zero-order valence-corrected chi connectivity index (χ0v) is 27.8. The molecule has 0 unspecified atom stereocenters. The van der Waals surface area contributed by atoms with Crippen molar-refractivity contribution in [2.75, 3.05) is 25.9 Å². The zero-order valence-electron chi connectivity index (χ0n) is 27.0. The summed E-state index contributed by atoms with van der Waals surface area (Å²) in [6.45, 7) is 8.68. The molecule has 0 aromatic heterocycles. The third-order valence-corrected chi connectivity index (χ3v) is 11.1. The lowest BCUT2D eigenvalue weighted by Gasteiger charge is -2.33. The molecule has 0 spiro atoms. The molecule has 0 aliphatic carbocycles. The molecule has 3 N–H and O–H groups in total. The van der Waals surface area contributed by atoms with Gasteiger partial charge in [-0.05, 0) is 63.2 Å². The van der Waals surface area contributed by atoms with Gasteiger partial charge < -0.3 is 20.7 Å². The van der Waals surface area contributed by atoms with E-state index >= 15 is 0 Å². The van der Waals surface area contributed by atoms with Crippen molar-refractivity contribution in [2.24, 2.45) is 5.92 Å². The van der Waals surface area contributed by atoms with Gasteiger partial charge in [-0.1, -0.05) is 74.5 Å². The highest BCUT2D eigenvalue weighted by atomic mass is 32.2. The van der Waals surface area contributed by atoms with Gasteiger partial charge in [0.15, 0.2) is 9.84 Å². The van der Waals surface area contributed by atoms with Gasteiger partial charge >= 0.3 is 0 Å². The lowest BCUT2D eigenvalue weighted by Crippen LogP contribution is -2.63. The van der Waals surface area contributed by atoms with Crippen LogP contribution in [0.1, 0.15) is 64.1 Å². The van der Waals surface area contributed by atoms with Gasteiger partial charge in [0.2, 0.25) is 17.7 Å². The minimum absolute atomic E-state index is 0.0976. The summed E-state index contributed by atoms with van der Waals surface area (Å²) in [5.41, 5.74) is 1.97. The maximum atomic E-state index is 13.9. The number of likely N-dealkylation sites (tertiary alicyclic amines) is 1. The summed E-state index contributed by atoms with van der Waals surface area (Å²) in [6.07, 6.45) is 2.70. The maximum Gasteiger partial charge on any atom is 0.244 e. The largest absolute Gasteiger partial charge is 0.367 e. The van der Waals surface area contributed by atoms with Crippen LogP contribution in [0.25, 0.3) is 0 Å².